The van der Waals surface area contributed by atoms with Gasteiger partial charge in [-0.15, -0.1) is 0 Å². The Morgan fingerprint density at radius 1 is 1.13 bits per heavy atom. The Balaban J connectivity index is 0.00000112. The first-order valence-electron chi connectivity index (χ1n) is 4.31. The molecule has 4 N–H and O–H groups in total. The average Bonchev–Trinajstić information content (AvgIpc) is 2.46. The highest BCUT2D eigenvalue weighted by Gasteiger charge is 2.22. The molecule has 0 fully saturated rings. The first-order valence-corrected chi connectivity index (χ1v) is 4.31. The Bertz CT molecular complexity index is 450. The highest BCUT2D eigenvalue weighted by molar-refractivity contribution is 6.33. The van der Waals surface area contributed by atoms with Gasteiger partial charge in [0.05, 0.1) is 5.57 Å². The number of rotatable bonds is 1. The molecule has 1 heterocycles. The molecule has 1 aliphatic heterocycles. The quantitative estimate of drug-likeness (QED) is 0.674. The van der Waals surface area contributed by atoms with Crippen molar-refractivity contribution in [3.8, 4) is 0 Å². The monoisotopic (exact) mass is 204 g/mol. The molecule has 1 aliphatic rings. The van der Waals surface area contributed by atoms with Gasteiger partial charge in [-0.25, -0.2) is 0 Å². The van der Waals surface area contributed by atoms with Crippen LogP contribution in [0.25, 0.3) is 5.57 Å². The molecule has 0 saturated heterocycles. The second-order valence-corrected chi connectivity index (χ2v) is 3.19. The molecular weight excluding hydrogens is 192 g/mol. The van der Waals surface area contributed by atoms with Crippen LogP contribution in [0.4, 0.5) is 0 Å². The van der Waals surface area contributed by atoms with Gasteiger partial charge in [-0.1, -0.05) is 24.3 Å². The summed E-state index contributed by atoms with van der Waals surface area (Å²) < 4.78 is 0. The maximum absolute atomic E-state index is 11.3. The van der Waals surface area contributed by atoms with Gasteiger partial charge in [-0.05, 0) is 18.1 Å². The highest BCUT2D eigenvalue weighted by atomic mass is 16.2. The van der Waals surface area contributed by atoms with Crippen molar-refractivity contribution in [3.63, 3.8) is 0 Å². The summed E-state index contributed by atoms with van der Waals surface area (Å²) in [7, 11) is 0. The summed E-state index contributed by atoms with van der Waals surface area (Å²) in [6, 6.07) is 7.49. The third kappa shape index (κ3) is 1.94. The zero-order chi connectivity index (χ0) is 10.1. The second kappa shape index (κ2) is 4.06. The number of hydrogen-bond donors (Lipinski definition) is 2. The maximum Gasteiger partial charge on any atom is 0.258 e. The van der Waals surface area contributed by atoms with Gasteiger partial charge in [0, 0.05) is 6.08 Å². The molecule has 0 saturated carbocycles. The van der Waals surface area contributed by atoms with Crippen LogP contribution in [-0.4, -0.2) is 11.8 Å². The largest absolute Gasteiger partial charge is 0.344 e. The summed E-state index contributed by atoms with van der Waals surface area (Å²) in [6.45, 7) is 1.91. The van der Waals surface area contributed by atoms with Crippen LogP contribution in [0, 0.1) is 6.92 Å². The topological polar surface area (TPSA) is 81.2 Å². The number of imide groups is 1. The van der Waals surface area contributed by atoms with Gasteiger partial charge >= 0.3 is 0 Å². The summed E-state index contributed by atoms with van der Waals surface area (Å²) in [5.41, 5.74) is 2.26. The number of benzene rings is 1. The summed E-state index contributed by atoms with van der Waals surface area (Å²) >= 11 is 0. The van der Waals surface area contributed by atoms with Crippen molar-refractivity contribution in [1.82, 2.24) is 11.5 Å². The van der Waals surface area contributed by atoms with Crippen molar-refractivity contribution >= 4 is 17.4 Å². The molecule has 0 aliphatic carbocycles. The van der Waals surface area contributed by atoms with Crippen LogP contribution in [0.2, 0.25) is 0 Å². The Hall–Kier alpha value is -1.94. The molecule has 0 spiro atoms. The van der Waals surface area contributed by atoms with E-state index >= 15 is 0 Å². The molecule has 2 amide bonds. The van der Waals surface area contributed by atoms with E-state index in [9.17, 15) is 9.59 Å². The Morgan fingerprint density at radius 2 is 1.80 bits per heavy atom. The molecular formula is C11H12N2O2. The molecule has 0 bridgehead atoms. The van der Waals surface area contributed by atoms with Gasteiger partial charge in [0.2, 0.25) is 0 Å². The first kappa shape index (κ1) is 11.1. The molecule has 1 aromatic carbocycles. The fraction of sp³-hybridized carbons (Fsp3) is 0.0909. The van der Waals surface area contributed by atoms with E-state index in [0.29, 0.717) is 5.57 Å². The minimum absolute atomic E-state index is 0. The Morgan fingerprint density at radius 3 is 2.33 bits per heavy atom. The number of aryl methyl sites for hydroxylation is 1. The van der Waals surface area contributed by atoms with Gasteiger partial charge in [0.25, 0.3) is 11.8 Å². The second-order valence-electron chi connectivity index (χ2n) is 3.19. The lowest BCUT2D eigenvalue weighted by Gasteiger charge is -2.03. The SMILES string of the molecule is Cc1ccccc1C1=CC(=O)NC1=O.N. The van der Waals surface area contributed by atoms with Gasteiger partial charge in [0.15, 0.2) is 0 Å². The molecule has 4 heteroatoms. The van der Waals surface area contributed by atoms with E-state index in [4.69, 9.17) is 0 Å². The molecule has 0 radical (unpaired) electrons. The Labute approximate surface area is 87.6 Å². The minimum Gasteiger partial charge on any atom is -0.344 e. The molecule has 1 aromatic rings. The maximum atomic E-state index is 11.3. The van der Waals surface area contributed by atoms with E-state index in [1.54, 1.807) is 0 Å². The van der Waals surface area contributed by atoms with Crippen molar-refractivity contribution in [2.75, 3.05) is 0 Å². The fourth-order valence-electron chi connectivity index (χ4n) is 1.49. The van der Waals surface area contributed by atoms with Crippen LogP contribution in [0.1, 0.15) is 11.1 Å². The van der Waals surface area contributed by atoms with Crippen LogP contribution in [-0.2, 0) is 9.59 Å². The smallest absolute Gasteiger partial charge is 0.258 e. The van der Waals surface area contributed by atoms with Crippen molar-refractivity contribution in [2.24, 2.45) is 0 Å². The molecule has 0 atom stereocenters. The predicted octanol–water partition coefficient (Wildman–Crippen LogP) is 1.20. The standard InChI is InChI=1S/C11H9NO2.H3N/c1-7-4-2-3-5-8(7)9-6-10(13)12-11(9)14;/h2-6H,1H3,(H,12,13,14);1H3. The van der Waals surface area contributed by atoms with E-state index in [1.165, 1.54) is 6.08 Å². The van der Waals surface area contributed by atoms with E-state index in [-0.39, 0.29) is 18.0 Å². The van der Waals surface area contributed by atoms with Crippen LogP contribution < -0.4 is 11.5 Å². The molecule has 0 unspecified atom stereocenters. The summed E-state index contributed by atoms with van der Waals surface area (Å²) in [6.07, 6.45) is 1.34. The van der Waals surface area contributed by atoms with Gasteiger partial charge in [-0.3, -0.25) is 14.9 Å². The highest BCUT2D eigenvalue weighted by Crippen LogP contribution is 2.21. The van der Waals surface area contributed by atoms with Crippen LogP contribution in [0.5, 0.6) is 0 Å². The normalized spacial score (nSPS) is 14.3. The molecule has 78 valence electrons. The van der Waals surface area contributed by atoms with Crippen LogP contribution in [0.15, 0.2) is 30.3 Å². The van der Waals surface area contributed by atoms with Crippen molar-refractivity contribution in [1.29, 1.82) is 0 Å². The molecule has 2 rings (SSSR count). The van der Waals surface area contributed by atoms with E-state index in [0.717, 1.165) is 11.1 Å². The Kier molecular flexibility index (Phi) is 3.01. The molecule has 15 heavy (non-hydrogen) atoms. The lowest BCUT2D eigenvalue weighted by Crippen LogP contribution is -2.21. The predicted molar refractivity (Wildman–Crippen MR) is 57.3 cm³/mol. The zero-order valence-electron chi connectivity index (χ0n) is 8.41. The fourth-order valence-corrected chi connectivity index (χ4v) is 1.49. The van der Waals surface area contributed by atoms with Crippen molar-refractivity contribution in [2.45, 2.75) is 6.92 Å². The van der Waals surface area contributed by atoms with E-state index in [1.807, 2.05) is 31.2 Å². The summed E-state index contributed by atoms with van der Waals surface area (Å²) in [4.78, 5) is 22.3. The van der Waals surface area contributed by atoms with E-state index < -0.39 is 0 Å². The third-order valence-electron chi connectivity index (χ3n) is 2.19. The molecule has 4 nitrogen and oxygen atoms in total. The molecule has 0 aromatic heterocycles. The number of carbonyl (C=O) groups excluding carboxylic acids is 2. The van der Waals surface area contributed by atoms with Crippen molar-refractivity contribution < 1.29 is 9.59 Å². The zero-order valence-corrected chi connectivity index (χ0v) is 8.41. The van der Waals surface area contributed by atoms with Gasteiger partial charge in [0.1, 0.15) is 0 Å². The lowest BCUT2D eigenvalue weighted by atomic mass is 10.0. The number of amides is 2. The number of carbonyl (C=O) groups is 2. The van der Waals surface area contributed by atoms with Crippen molar-refractivity contribution in [3.05, 3.63) is 41.5 Å². The summed E-state index contributed by atoms with van der Waals surface area (Å²) in [5.74, 6) is -0.655. The van der Waals surface area contributed by atoms with Gasteiger partial charge in [-0.2, -0.15) is 0 Å². The van der Waals surface area contributed by atoms with Gasteiger partial charge < -0.3 is 6.15 Å². The van der Waals surface area contributed by atoms with Crippen LogP contribution in [0.3, 0.4) is 0 Å². The van der Waals surface area contributed by atoms with Crippen LogP contribution >= 0.6 is 0 Å². The average molecular weight is 204 g/mol. The summed E-state index contributed by atoms with van der Waals surface area (Å²) in [5, 5.41) is 2.22. The first-order chi connectivity index (χ1) is 6.68. The number of hydrogen-bond acceptors (Lipinski definition) is 3. The van der Waals surface area contributed by atoms with E-state index in [2.05, 4.69) is 5.32 Å². The lowest BCUT2D eigenvalue weighted by molar-refractivity contribution is -0.123. The minimum atomic E-state index is -0.340. The third-order valence-corrected chi connectivity index (χ3v) is 2.19. The number of nitrogens with one attached hydrogen (secondary N) is 1.